The second-order valence-corrected chi connectivity index (χ2v) is 5.72. The average molecular weight is 293 g/mol. The lowest BCUT2D eigenvalue weighted by Gasteiger charge is -2.21. The molecule has 0 aromatic heterocycles. The molecule has 0 aliphatic carbocycles. The van der Waals surface area contributed by atoms with Gasteiger partial charge in [-0.2, -0.15) is 0 Å². The highest BCUT2D eigenvalue weighted by Gasteiger charge is 2.46. The number of hydrogen-bond acceptors (Lipinski definition) is 2. The maximum atomic E-state index is 12.4. The first-order valence-electron chi connectivity index (χ1n) is 5.50. The van der Waals surface area contributed by atoms with Crippen LogP contribution in [0.1, 0.15) is 24.2 Å². The predicted octanol–water partition coefficient (Wildman–Crippen LogP) is 2.79. The van der Waals surface area contributed by atoms with Crippen LogP contribution in [0.15, 0.2) is 29.2 Å². The van der Waals surface area contributed by atoms with Gasteiger partial charge in [-0.1, -0.05) is 6.07 Å². The minimum absolute atomic E-state index is 0.0794. The van der Waals surface area contributed by atoms with Crippen molar-refractivity contribution in [3.63, 3.8) is 0 Å². The third-order valence-electron chi connectivity index (χ3n) is 2.60. The van der Waals surface area contributed by atoms with Gasteiger partial charge in [0.2, 0.25) is 0 Å². The molecule has 1 amide bonds. The molecule has 3 nitrogen and oxygen atoms in total. The van der Waals surface area contributed by atoms with Gasteiger partial charge in [-0.05, 0) is 26.0 Å². The van der Waals surface area contributed by atoms with E-state index in [4.69, 9.17) is 0 Å². The molecule has 1 rings (SSSR count). The Morgan fingerprint density at radius 3 is 2.42 bits per heavy atom. The van der Waals surface area contributed by atoms with Crippen LogP contribution in [0.5, 0.6) is 0 Å². The Morgan fingerprint density at radius 1 is 1.37 bits per heavy atom. The Bertz CT molecular complexity index is 463. The van der Waals surface area contributed by atoms with Crippen LogP contribution in [0.4, 0.5) is 13.2 Å². The van der Waals surface area contributed by atoms with E-state index < -0.39 is 27.5 Å². The molecule has 1 atom stereocenters. The molecule has 1 unspecified atom stereocenters. The molecule has 0 aliphatic rings. The zero-order chi connectivity index (χ0) is 14.8. The summed E-state index contributed by atoms with van der Waals surface area (Å²) < 4.78 is 48.3. The van der Waals surface area contributed by atoms with E-state index in [9.17, 15) is 22.5 Å². The third kappa shape index (κ3) is 3.87. The van der Waals surface area contributed by atoms with E-state index in [-0.39, 0.29) is 11.6 Å². The zero-order valence-corrected chi connectivity index (χ0v) is 11.5. The lowest BCUT2D eigenvalue weighted by molar-refractivity contribution is -0.0435. The summed E-state index contributed by atoms with van der Waals surface area (Å²) in [5.74, 6) is -0.406. The van der Waals surface area contributed by atoms with Gasteiger partial charge < -0.3 is 9.45 Å². The lowest BCUT2D eigenvalue weighted by Crippen LogP contribution is -2.33. The van der Waals surface area contributed by atoms with Crippen molar-refractivity contribution in [1.82, 2.24) is 4.90 Å². The fraction of sp³-hybridized carbons (Fsp3) is 0.417. The summed E-state index contributed by atoms with van der Waals surface area (Å²) in [6.45, 7) is 3.57. The predicted molar refractivity (Wildman–Crippen MR) is 66.1 cm³/mol. The second kappa shape index (κ2) is 5.83. The smallest absolute Gasteiger partial charge is 0.578 e. The molecule has 0 radical (unpaired) electrons. The molecule has 1 aromatic carbocycles. The van der Waals surface area contributed by atoms with E-state index in [2.05, 4.69) is 0 Å². The molecule has 0 fully saturated rings. The van der Waals surface area contributed by atoms with Crippen molar-refractivity contribution in [3.8, 4) is 0 Å². The lowest BCUT2D eigenvalue weighted by atomic mass is 10.2. The molecular formula is C12H14F3NO2S. The van der Waals surface area contributed by atoms with Crippen molar-refractivity contribution in [2.45, 2.75) is 30.3 Å². The highest BCUT2D eigenvalue weighted by atomic mass is 32.2. The number of nitrogens with zero attached hydrogens (tertiary/aromatic N) is 1. The number of alkyl halides is 3. The Balaban J connectivity index is 3.04. The standard InChI is InChI=1S/C12H14F3NO2S/c1-8(2)16(3)11(17)9-5-4-6-10(7-9)19(18)12(13,14)15/h4-8H,1-3H3. The molecule has 0 saturated heterocycles. The SMILES string of the molecule is CC(C)N(C)C(=O)c1cccc([S+]([O-])C(F)(F)F)c1. The summed E-state index contributed by atoms with van der Waals surface area (Å²) in [6.07, 6.45) is 0. The van der Waals surface area contributed by atoms with E-state index in [1.165, 1.54) is 17.0 Å². The van der Waals surface area contributed by atoms with Gasteiger partial charge in [0.1, 0.15) is 0 Å². The first kappa shape index (κ1) is 15.8. The van der Waals surface area contributed by atoms with Crippen molar-refractivity contribution in [1.29, 1.82) is 0 Å². The van der Waals surface area contributed by atoms with Gasteiger partial charge in [0.15, 0.2) is 4.90 Å². The van der Waals surface area contributed by atoms with Crippen LogP contribution in [-0.2, 0) is 11.2 Å². The molecule has 7 heteroatoms. The monoisotopic (exact) mass is 293 g/mol. The molecule has 0 aliphatic heterocycles. The number of amides is 1. The summed E-state index contributed by atoms with van der Waals surface area (Å²) in [5, 5.41) is 0. The molecule has 0 bridgehead atoms. The molecule has 19 heavy (non-hydrogen) atoms. The highest BCUT2D eigenvalue weighted by Crippen LogP contribution is 2.30. The van der Waals surface area contributed by atoms with Gasteiger partial charge in [0.25, 0.3) is 5.91 Å². The highest BCUT2D eigenvalue weighted by molar-refractivity contribution is 7.92. The number of carbonyl (C=O) groups is 1. The quantitative estimate of drug-likeness (QED) is 0.804. The molecule has 106 valence electrons. The Kier molecular flexibility index (Phi) is 4.86. The molecule has 0 saturated carbocycles. The maximum absolute atomic E-state index is 12.4. The van der Waals surface area contributed by atoms with E-state index in [0.717, 1.165) is 12.1 Å². The van der Waals surface area contributed by atoms with Crippen molar-refractivity contribution in [3.05, 3.63) is 29.8 Å². The Hall–Kier alpha value is -1.21. The number of rotatable bonds is 3. The van der Waals surface area contributed by atoms with E-state index >= 15 is 0 Å². The number of carbonyl (C=O) groups excluding carboxylic acids is 1. The van der Waals surface area contributed by atoms with Crippen molar-refractivity contribution in [2.75, 3.05) is 7.05 Å². The van der Waals surface area contributed by atoms with Crippen LogP contribution in [0.3, 0.4) is 0 Å². The van der Waals surface area contributed by atoms with Gasteiger partial charge in [0, 0.05) is 24.7 Å². The normalized spacial score (nSPS) is 13.5. The van der Waals surface area contributed by atoms with Crippen LogP contribution in [-0.4, -0.2) is 34.0 Å². The summed E-state index contributed by atoms with van der Waals surface area (Å²) >= 11 is -3.12. The zero-order valence-electron chi connectivity index (χ0n) is 10.7. The summed E-state index contributed by atoms with van der Waals surface area (Å²) in [6, 6.07) is 4.73. The van der Waals surface area contributed by atoms with E-state index in [0.29, 0.717) is 0 Å². The maximum Gasteiger partial charge on any atom is 0.578 e. The number of benzene rings is 1. The number of halogens is 3. The van der Waals surface area contributed by atoms with Crippen LogP contribution in [0.25, 0.3) is 0 Å². The Labute approximate surface area is 112 Å². The first-order valence-corrected chi connectivity index (χ1v) is 6.65. The molecule has 0 heterocycles. The van der Waals surface area contributed by atoms with Crippen LogP contribution in [0, 0.1) is 0 Å². The van der Waals surface area contributed by atoms with Crippen LogP contribution >= 0.6 is 0 Å². The van der Waals surface area contributed by atoms with E-state index in [1.54, 1.807) is 20.9 Å². The minimum Gasteiger partial charge on any atom is -0.604 e. The van der Waals surface area contributed by atoms with Crippen LogP contribution in [0.2, 0.25) is 0 Å². The molecule has 0 N–H and O–H groups in total. The summed E-state index contributed by atoms with van der Waals surface area (Å²) in [7, 11) is 1.56. The average Bonchev–Trinajstić information content (AvgIpc) is 2.35. The molecule has 0 spiro atoms. The minimum atomic E-state index is -4.83. The van der Waals surface area contributed by atoms with Crippen LogP contribution < -0.4 is 0 Å². The topological polar surface area (TPSA) is 43.4 Å². The first-order chi connectivity index (χ1) is 8.64. The van der Waals surface area contributed by atoms with Gasteiger partial charge >= 0.3 is 5.51 Å². The van der Waals surface area contributed by atoms with Crippen molar-refractivity contribution in [2.24, 2.45) is 0 Å². The van der Waals surface area contributed by atoms with Crippen molar-refractivity contribution < 1.29 is 22.5 Å². The number of hydrogen-bond donors (Lipinski definition) is 0. The fourth-order valence-electron chi connectivity index (χ4n) is 1.32. The van der Waals surface area contributed by atoms with Crippen molar-refractivity contribution >= 4 is 17.1 Å². The summed E-state index contributed by atoms with van der Waals surface area (Å²) in [4.78, 5) is 12.9. The largest absolute Gasteiger partial charge is 0.604 e. The summed E-state index contributed by atoms with van der Waals surface area (Å²) in [5.41, 5.74) is -4.74. The Morgan fingerprint density at radius 2 is 1.95 bits per heavy atom. The van der Waals surface area contributed by atoms with Gasteiger partial charge in [-0.25, -0.2) is 0 Å². The molecule has 1 aromatic rings. The van der Waals surface area contributed by atoms with Gasteiger partial charge in [-0.3, -0.25) is 4.79 Å². The van der Waals surface area contributed by atoms with E-state index in [1.807, 2.05) is 0 Å². The molecular weight excluding hydrogens is 279 g/mol. The third-order valence-corrected chi connectivity index (χ3v) is 3.70. The van der Waals surface area contributed by atoms with Gasteiger partial charge in [-0.15, -0.1) is 13.2 Å². The van der Waals surface area contributed by atoms with Gasteiger partial charge in [0.05, 0.1) is 11.2 Å². The second-order valence-electron chi connectivity index (χ2n) is 4.25. The fourth-order valence-corrected chi connectivity index (χ4v) is 2.02.